The van der Waals surface area contributed by atoms with E-state index in [9.17, 15) is 14.9 Å². The summed E-state index contributed by atoms with van der Waals surface area (Å²) >= 11 is 0. The van der Waals surface area contributed by atoms with Gasteiger partial charge in [-0.2, -0.15) is 0 Å². The Morgan fingerprint density at radius 1 is 1.14 bits per heavy atom. The highest BCUT2D eigenvalue weighted by atomic mass is 16.6. The van der Waals surface area contributed by atoms with Gasteiger partial charge in [-0.05, 0) is 40.6 Å². The number of fused-ring (bicyclic) bond motifs is 1. The van der Waals surface area contributed by atoms with Crippen LogP contribution in [-0.4, -0.2) is 21.1 Å². The van der Waals surface area contributed by atoms with Crippen LogP contribution < -0.4 is 11.1 Å². The first-order valence-electron chi connectivity index (χ1n) is 6.13. The Bertz CT molecular complexity index is 872. The average Bonchev–Trinajstić information content (AvgIpc) is 2.97. The predicted molar refractivity (Wildman–Crippen MR) is 76.7 cm³/mol. The number of hydrogen-bond acceptors (Lipinski definition) is 7. The van der Waals surface area contributed by atoms with Gasteiger partial charge in [0.15, 0.2) is 5.52 Å². The maximum Gasteiger partial charge on any atom is 0.300 e. The summed E-state index contributed by atoms with van der Waals surface area (Å²) in [7, 11) is 0. The van der Waals surface area contributed by atoms with Gasteiger partial charge in [0.05, 0.1) is 10.6 Å². The van der Waals surface area contributed by atoms with Crippen molar-refractivity contribution in [2.75, 3.05) is 5.32 Å². The molecule has 110 valence electrons. The second-order valence-corrected chi connectivity index (χ2v) is 4.42. The van der Waals surface area contributed by atoms with E-state index in [1.165, 1.54) is 12.1 Å². The highest BCUT2D eigenvalue weighted by molar-refractivity contribution is 5.95. The topological polar surface area (TPSA) is 137 Å². The van der Waals surface area contributed by atoms with Gasteiger partial charge in [-0.15, -0.1) is 0 Å². The minimum atomic E-state index is -0.558. The van der Waals surface area contributed by atoms with Crippen LogP contribution in [0.1, 0.15) is 10.4 Å². The van der Waals surface area contributed by atoms with Crippen molar-refractivity contribution >= 4 is 34.0 Å². The summed E-state index contributed by atoms with van der Waals surface area (Å²) in [6.45, 7) is 0. The van der Waals surface area contributed by atoms with Gasteiger partial charge < -0.3 is 11.1 Å². The Morgan fingerprint density at radius 2 is 1.82 bits per heavy atom. The Morgan fingerprint density at radius 3 is 2.45 bits per heavy atom. The summed E-state index contributed by atoms with van der Waals surface area (Å²) in [5, 5.41) is 21.2. The number of nitrogens with two attached hydrogens (primary N) is 1. The van der Waals surface area contributed by atoms with E-state index in [1.807, 2.05) is 0 Å². The number of carbonyl (C=O) groups is 1. The van der Waals surface area contributed by atoms with Crippen molar-refractivity contribution in [3.05, 3.63) is 52.1 Å². The molecule has 22 heavy (non-hydrogen) atoms. The third-order valence-corrected chi connectivity index (χ3v) is 3.04. The van der Waals surface area contributed by atoms with E-state index in [2.05, 4.69) is 20.3 Å². The molecular formula is C13H9N5O4. The van der Waals surface area contributed by atoms with Crippen LogP contribution in [0.4, 0.5) is 17.1 Å². The fraction of sp³-hybridized carbons (Fsp3) is 0. The molecule has 0 radical (unpaired) electrons. The van der Waals surface area contributed by atoms with Crippen LogP contribution in [0.25, 0.3) is 11.0 Å². The normalized spacial score (nSPS) is 10.5. The SMILES string of the molecule is NC(=O)c1ccc(Nc2ccc([N+](=O)[O-])c3nonc23)cc1. The standard InChI is InChI=1S/C13H9N5O4/c14-13(19)7-1-3-8(4-2-7)15-9-5-6-10(18(20)21)12-11(9)16-22-17-12/h1-6,15H,(H2,14,19). The molecular weight excluding hydrogens is 290 g/mol. The van der Waals surface area contributed by atoms with Gasteiger partial charge in [0, 0.05) is 17.3 Å². The van der Waals surface area contributed by atoms with Gasteiger partial charge in [0.25, 0.3) is 0 Å². The van der Waals surface area contributed by atoms with Crippen molar-refractivity contribution in [1.82, 2.24) is 10.3 Å². The smallest absolute Gasteiger partial charge is 0.300 e. The molecule has 0 aliphatic carbocycles. The molecule has 0 spiro atoms. The second kappa shape index (κ2) is 5.13. The molecule has 9 nitrogen and oxygen atoms in total. The molecule has 1 aromatic heterocycles. The third kappa shape index (κ3) is 2.30. The van der Waals surface area contributed by atoms with Crippen LogP contribution in [0.3, 0.4) is 0 Å². The van der Waals surface area contributed by atoms with Crippen LogP contribution in [-0.2, 0) is 0 Å². The van der Waals surface area contributed by atoms with Crippen molar-refractivity contribution in [3.8, 4) is 0 Å². The third-order valence-electron chi connectivity index (χ3n) is 3.04. The highest BCUT2D eigenvalue weighted by Crippen LogP contribution is 2.30. The van der Waals surface area contributed by atoms with E-state index in [4.69, 9.17) is 5.73 Å². The van der Waals surface area contributed by atoms with E-state index in [1.54, 1.807) is 24.3 Å². The highest BCUT2D eigenvalue weighted by Gasteiger charge is 2.19. The first kappa shape index (κ1) is 13.5. The van der Waals surface area contributed by atoms with Crippen molar-refractivity contribution in [2.24, 2.45) is 5.73 Å². The van der Waals surface area contributed by atoms with E-state index in [-0.39, 0.29) is 16.7 Å². The monoisotopic (exact) mass is 299 g/mol. The number of nitro groups is 1. The molecule has 3 N–H and O–H groups in total. The molecule has 0 unspecified atom stereocenters. The summed E-state index contributed by atoms with van der Waals surface area (Å²) in [5.41, 5.74) is 6.81. The lowest BCUT2D eigenvalue weighted by Gasteiger charge is -2.06. The average molecular weight is 299 g/mol. The number of hydrogen-bond donors (Lipinski definition) is 2. The lowest BCUT2D eigenvalue weighted by Crippen LogP contribution is -2.10. The lowest BCUT2D eigenvalue weighted by atomic mass is 10.2. The number of rotatable bonds is 4. The number of nitrogens with zero attached hydrogens (tertiary/aromatic N) is 3. The molecule has 0 aliphatic rings. The number of non-ortho nitro benzene ring substituents is 1. The van der Waals surface area contributed by atoms with Crippen LogP contribution in [0, 0.1) is 10.1 Å². The number of carbonyl (C=O) groups excluding carboxylic acids is 1. The summed E-state index contributed by atoms with van der Waals surface area (Å²) in [6.07, 6.45) is 0. The van der Waals surface area contributed by atoms with Crippen molar-refractivity contribution in [2.45, 2.75) is 0 Å². The minimum Gasteiger partial charge on any atom is -0.366 e. The van der Waals surface area contributed by atoms with Crippen molar-refractivity contribution < 1.29 is 14.3 Å². The molecule has 0 saturated carbocycles. The lowest BCUT2D eigenvalue weighted by molar-refractivity contribution is -0.383. The van der Waals surface area contributed by atoms with Gasteiger partial charge in [0.1, 0.15) is 0 Å². The van der Waals surface area contributed by atoms with E-state index in [0.717, 1.165) is 0 Å². The molecule has 2 aromatic carbocycles. The Hall–Kier alpha value is -3.49. The number of nitro benzene ring substituents is 1. The van der Waals surface area contributed by atoms with Gasteiger partial charge in [-0.25, -0.2) is 4.63 Å². The molecule has 0 fully saturated rings. The zero-order valence-corrected chi connectivity index (χ0v) is 11.0. The number of benzene rings is 2. The zero-order chi connectivity index (χ0) is 15.7. The van der Waals surface area contributed by atoms with E-state index >= 15 is 0 Å². The van der Waals surface area contributed by atoms with Gasteiger partial charge >= 0.3 is 5.69 Å². The first-order chi connectivity index (χ1) is 10.6. The van der Waals surface area contributed by atoms with Gasteiger partial charge in [-0.1, -0.05) is 0 Å². The fourth-order valence-corrected chi connectivity index (χ4v) is 1.97. The van der Waals surface area contributed by atoms with Gasteiger partial charge in [-0.3, -0.25) is 14.9 Å². The van der Waals surface area contributed by atoms with Crippen molar-refractivity contribution in [1.29, 1.82) is 0 Å². The van der Waals surface area contributed by atoms with E-state index in [0.29, 0.717) is 16.9 Å². The molecule has 3 rings (SSSR count). The summed E-state index contributed by atoms with van der Waals surface area (Å²) in [4.78, 5) is 21.4. The molecule has 1 heterocycles. The molecule has 3 aromatic rings. The Balaban J connectivity index is 1.97. The fourth-order valence-electron chi connectivity index (χ4n) is 1.97. The zero-order valence-electron chi connectivity index (χ0n) is 11.0. The summed E-state index contributed by atoms with van der Waals surface area (Å²) in [6, 6.07) is 9.25. The van der Waals surface area contributed by atoms with Crippen molar-refractivity contribution in [3.63, 3.8) is 0 Å². The first-order valence-corrected chi connectivity index (χ1v) is 6.13. The van der Waals surface area contributed by atoms with Gasteiger partial charge in [0.2, 0.25) is 11.4 Å². The summed E-state index contributed by atoms with van der Waals surface area (Å²) < 4.78 is 4.58. The Labute approximate surface area is 122 Å². The quantitative estimate of drug-likeness (QED) is 0.554. The molecule has 0 aliphatic heterocycles. The predicted octanol–water partition coefficient (Wildman–Crippen LogP) is 1.97. The van der Waals surface area contributed by atoms with Crippen LogP contribution in [0.5, 0.6) is 0 Å². The minimum absolute atomic E-state index is 0.0590. The number of nitrogens with one attached hydrogen (secondary N) is 1. The number of primary amides is 1. The number of anilines is 2. The van der Waals surface area contributed by atoms with Crippen LogP contribution in [0.15, 0.2) is 41.0 Å². The van der Waals surface area contributed by atoms with E-state index < -0.39 is 10.8 Å². The van der Waals surface area contributed by atoms with Crippen LogP contribution >= 0.6 is 0 Å². The summed E-state index contributed by atoms with van der Waals surface area (Å²) in [5.74, 6) is -0.523. The maximum atomic E-state index is 11.0. The number of aromatic nitrogens is 2. The maximum absolute atomic E-state index is 11.0. The van der Waals surface area contributed by atoms with Crippen LogP contribution in [0.2, 0.25) is 0 Å². The molecule has 0 bridgehead atoms. The molecule has 9 heteroatoms. The largest absolute Gasteiger partial charge is 0.366 e. The molecule has 0 atom stereocenters. The Kier molecular flexibility index (Phi) is 3.14. The molecule has 0 saturated heterocycles. The molecule has 1 amide bonds. The number of amides is 1. The second-order valence-electron chi connectivity index (χ2n) is 4.42.